The van der Waals surface area contributed by atoms with Gasteiger partial charge in [-0.15, -0.1) is 0 Å². The molecule has 0 bridgehead atoms. The van der Waals surface area contributed by atoms with E-state index in [1.54, 1.807) is 49.3 Å². The van der Waals surface area contributed by atoms with E-state index in [0.717, 1.165) is 0 Å². The second kappa shape index (κ2) is 8.92. The molecule has 1 unspecified atom stereocenters. The minimum atomic E-state index is -4.81. The summed E-state index contributed by atoms with van der Waals surface area (Å²) in [5.41, 5.74) is -2.17. The van der Waals surface area contributed by atoms with Gasteiger partial charge in [-0.2, -0.15) is 18.2 Å². The van der Waals surface area contributed by atoms with Gasteiger partial charge in [-0.1, -0.05) is 58.7 Å². The van der Waals surface area contributed by atoms with Gasteiger partial charge in [-0.3, -0.25) is 4.79 Å². The standard InChI is InChI=1S/C24H18Cl2F3N3O2/c1-32(2)13-30-22(33)20-8-7-19(17-5-3-4-6-18(17)20)21-12-23(34-31-21,24(27,28)29)14-9-15(25)11-16(26)10-14/h3-11,13H,12H2,1-2H3. The number of oxime groups is 1. The van der Waals surface area contributed by atoms with E-state index in [1.165, 1.54) is 30.6 Å². The van der Waals surface area contributed by atoms with Gasteiger partial charge in [0, 0.05) is 47.3 Å². The summed E-state index contributed by atoms with van der Waals surface area (Å²) in [6, 6.07) is 13.6. The SMILES string of the molecule is CN(C)C=NC(=O)c1ccc(C2=NOC(c3cc(Cl)cc(Cl)c3)(C(F)(F)F)C2)c2ccccc12. The number of hydrogen-bond acceptors (Lipinski definition) is 3. The number of hydrogen-bond donors (Lipinski definition) is 0. The molecule has 4 rings (SSSR count). The van der Waals surface area contributed by atoms with Crippen molar-refractivity contribution >= 4 is 51.9 Å². The van der Waals surface area contributed by atoms with Crippen molar-refractivity contribution < 1.29 is 22.8 Å². The number of amides is 1. The van der Waals surface area contributed by atoms with Gasteiger partial charge in [-0.25, -0.2) is 0 Å². The molecule has 176 valence electrons. The Labute approximate surface area is 203 Å². The number of rotatable bonds is 4. The lowest BCUT2D eigenvalue weighted by Gasteiger charge is -2.29. The zero-order chi connectivity index (χ0) is 24.7. The van der Waals surface area contributed by atoms with Crippen molar-refractivity contribution in [1.82, 2.24) is 4.90 Å². The molecule has 34 heavy (non-hydrogen) atoms. The van der Waals surface area contributed by atoms with Gasteiger partial charge in [0.05, 0.1) is 12.1 Å². The van der Waals surface area contributed by atoms with Crippen LogP contribution in [-0.2, 0) is 10.4 Å². The predicted molar refractivity (Wildman–Crippen MR) is 127 cm³/mol. The molecule has 0 saturated carbocycles. The van der Waals surface area contributed by atoms with Crippen molar-refractivity contribution in [3.8, 4) is 0 Å². The molecule has 10 heteroatoms. The highest BCUT2D eigenvalue weighted by Crippen LogP contribution is 2.50. The zero-order valence-corrected chi connectivity index (χ0v) is 19.5. The largest absolute Gasteiger partial charge is 0.435 e. The van der Waals surface area contributed by atoms with Gasteiger partial charge in [0.15, 0.2) is 0 Å². The van der Waals surface area contributed by atoms with Crippen molar-refractivity contribution in [3.05, 3.63) is 81.3 Å². The lowest BCUT2D eigenvalue weighted by molar-refractivity contribution is -0.275. The van der Waals surface area contributed by atoms with Crippen LogP contribution in [0.3, 0.4) is 0 Å². The van der Waals surface area contributed by atoms with E-state index in [1.807, 2.05) is 0 Å². The van der Waals surface area contributed by atoms with Crippen LogP contribution in [0.15, 0.2) is 64.7 Å². The molecule has 3 aromatic rings. The summed E-state index contributed by atoms with van der Waals surface area (Å²) in [5.74, 6) is -0.473. The average Bonchev–Trinajstić information content (AvgIpc) is 3.23. The van der Waals surface area contributed by atoms with Crippen molar-refractivity contribution in [2.24, 2.45) is 10.1 Å². The molecule has 0 N–H and O–H groups in total. The summed E-state index contributed by atoms with van der Waals surface area (Å²) in [6.07, 6.45) is -4.02. The first-order valence-electron chi connectivity index (χ1n) is 10.1. The molecule has 3 aromatic carbocycles. The Morgan fingerprint density at radius 1 is 1.09 bits per heavy atom. The van der Waals surface area contributed by atoms with E-state index in [0.29, 0.717) is 21.9 Å². The maximum absolute atomic E-state index is 14.3. The number of carbonyl (C=O) groups excluding carboxylic acids is 1. The van der Waals surface area contributed by atoms with Crippen LogP contribution in [0.2, 0.25) is 10.0 Å². The molecule has 0 spiro atoms. The monoisotopic (exact) mass is 507 g/mol. The number of nitrogens with zero attached hydrogens (tertiary/aromatic N) is 3. The molecule has 0 aliphatic carbocycles. The topological polar surface area (TPSA) is 54.3 Å². The second-order valence-corrected chi connectivity index (χ2v) is 8.88. The highest BCUT2D eigenvalue weighted by molar-refractivity contribution is 6.34. The van der Waals surface area contributed by atoms with Gasteiger partial charge >= 0.3 is 6.18 Å². The van der Waals surface area contributed by atoms with E-state index < -0.39 is 24.1 Å². The minimum absolute atomic E-state index is 0.0507. The number of carbonyl (C=O) groups is 1. The van der Waals surface area contributed by atoms with Crippen LogP contribution in [0, 0.1) is 0 Å². The molecule has 5 nitrogen and oxygen atoms in total. The normalized spacial score (nSPS) is 18.3. The molecular weight excluding hydrogens is 490 g/mol. The Morgan fingerprint density at radius 3 is 2.35 bits per heavy atom. The third-order valence-corrected chi connectivity index (χ3v) is 5.82. The molecule has 0 radical (unpaired) electrons. The minimum Gasteiger partial charge on any atom is -0.374 e. The van der Waals surface area contributed by atoms with Crippen molar-refractivity contribution in [2.75, 3.05) is 14.1 Å². The summed E-state index contributed by atoms with van der Waals surface area (Å²) >= 11 is 11.9. The molecular formula is C24H18Cl2F3N3O2. The van der Waals surface area contributed by atoms with Crippen LogP contribution < -0.4 is 0 Å². The quantitative estimate of drug-likeness (QED) is 0.300. The highest BCUT2D eigenvalue weighted by atomic mass is 35.5. The van der Waals surface area contributed by atoms with Crippen LogP contribution in [0.1, 0.15) is 27.9 Å². The van der Waals surface area contributed by atoms with E-state index in [-0.39, 0.29) is 21.3 Å². The predicted octanol–water partition coefficient (Wildman–Crippen LogP) is 6.46. The zero-order valence-electron chi connectivity index (χ0n) is 18.0. The average molecular weight is 508 g/mol. The summed E-state index contributed by atoms with van der Waals surface area (Å²) < 4.78 is 43.0. The Bertz CT molecular complexity index is 1320. The molecule has 1 aliphatic rings. The summed E-state index contributed by atoms with van der Waals surface area (Å²) in [5, 5.41) is 5.03. The maximum Gasteiger partial charge on any atom is 0.435 e. The molecule has 1 heterocycles. The fraction of sp³-hybridized carbons (Fsp3) is 0.208. The van der Waals surface area contributed by atoms with E-state index >= 15 is 0 Å². The Balaban J connectivity index is 1.79. The van der Waals surface area contributed by atoms with Gasteiger partial charge in [0.1, 0.15) is 0 Å². The fourth-order valence-electron chi connectivity index (χ4n) is 3.81. The van der Waals surface area contributed by atoms with Crippen molar-refractivity contribution in [2.45, 2.75) is 18.2 Å². The fourth-order valence-corrected chi connectivity index (χ4v) is 4.34. The number of halogens is 5. The maximum atomic E-state index is 14.3. The van der Waals surface area contributed by atoms with Gasteiger partial charge in [-0.05, 0) is 35.0 Å². The summed E-state index contributed by atoms with van der Waals surface area (Å²) in [7, 11) is 3.46. The third kappa shape index (κ3) is 4.35. The lowest BCUT2D eigenvalue weighted by atomic mass is 9.85. The van der Waals surface area contributed by atoms with Crippen LogP contribution in [0.5, 0.6) is 0 Å². The Hall–Kier alpha value is -3.10. The van der Waals surface area contributed by atoms with Crippen LogP contribution in [0.4, 0.5) is 13.2 Å². The lowest BCUT2D eigenvalue weighted by Crippen LogP contribution is -2.42. The van der Waals surface area contributed by atoms with Gasteiger partial charge in [0.2, 0.25) is 0 Å². The molecule has 0 fully saturated rings. The number of fused-ring (bicyclic) bond motifs is 1. The third-order valence-electron chi connectivity index (χ3n) is 5.39. The van der Waals surface area contributed by atoms with Crippen LogP contribution in [0.25, 0.3) is 10.8 Å². The summed E-state index contributed by atoms with van der Waals surface area (Å²) in [4.78, 5) is 23.3. The van der Waals surface area contributed by atoms with E-state index in [9.17, 15) is 18.0 Å². The number of alkyl halides is 3. The number of aliphatic imine (C=N–C) groups is 1. The number of benzene rings is 3. The van der Waals surface area contributed by atoms with Gasteiger partial charge < -0.3 is 9.74 Å². The molecule has 0 aromatic heterocycles. The van der Waals surface area contributed by atoms with Crippen LogP contribution >= 0.6 is 23.2 Å². The molecule has 1 amide bonds. The van der Waals surface area contributed by atoms with E-state index in [2.05, 4.69) is 10.1 Å². The molecule has 1 atom stereocenters. The molecule has 0 saturated heterocycles. The first kappa shape index (κ1) is 24.0. The van der Waals surface area contributed by atoms with Gasteiger partial charge in [0.25, 0.3) is 11.5 Å². The Kier molecular flexibility index (Phi) is 6.31. The first-order chi connectivity index (χ1) is 16.0. The highest BCUT2D eigenvalue weighted by Gasteiger charge is 2.62. The second-order valence-electron chi connectivity index (χ2n) is 8.01. The smallest absolute Gasteiger partial charge is 0.374 e. The summed E-state index contributed by atoms with van der Waals surface area (Å²) in [6.45, 7) is 0. The molecule has 1 aliphatic heterocycles. The Morgan fingerprint density at radius 2 is 1.74 bits per heavy atom. The van der Waals surface area contributed by atoms with Crippen molar-refractivity contribution in [1.29, 1.82) is 0 Å². The first-order valence-corrected chi connectivity index (χ1v) is 10.8. The van der Waals surface area contributed by atoms with E-state index in [4.69, 9.17) is 28.0 Å². The van der Waals surface area contributed by atoms with Crippen molar-refractivity contribution in [3.63, 3.8) is 0 Å². The van der Waals surface area contributed by atoms with Crippen LogP contribution in [-0.4, -0.2) is 43.1 Å².